The summed E-state index contributed by atoms with van der Waals surface area (Å²) in [6.45, 7) is 8.19. The summed E-state index contributed by atoms with van der Waals surface area (Å²) in [6, 6.07) is 9.36. The lowest BCUT2D eigenvalue weighted by Gasteiger charge is -2.35. The van der Waals surface area contributed by atoms with Crippen LogP contribution in [0.5, 0.6) is 0 Å². The molecule has 1 aliphatic rings. The van der Waals surface area contributed by atoms with E-state index in [1.165, 1.54) is 0 Å². The van der Waals surface area contributed by atoms with Crippen molar-refractivity contribution in [1.82, 2.24) is 10.2 Å². The van der Waals surface area contributed by atoms with Crippen LogP contribution < -0.4 is 5.32 Å². The molecule has 1 saturated heterocycles. The van der Waals surface area contributed by atoms with E-state index in [1.807, 2.05) is 58.0 Å². The van der Waals surface area contributed by atoms with Crippen molar-refractivity contribution in [2.24, 2.45) is 11.8 Å². The van der Waals surface area contributed by atoms with E-state index >= 15 is 0 Å². The third kappa shape index (κ3) is 7.07. The predicted octanol–water partition coefficient (Wildman–Crippen LogP) is 3.60. The summed E-state index contributed by atoms with van der Waals surface area (Å²) in [5.74, 6) is -2.16. The topological polar surface area (TPSA) is 95.9 Å². The maximum atomic E-state index is 12.5. The number of benzene rings is 1. The van der Waals surface area contributed by atoms with Gasteiger partial charge in [-0.3, -0.25) is 9.59 Å². The Morgan fingerprint density at radius 1 is 1.17 bits per heavy atom. The molecule has 1 fully saturated rings. The molecule has 2 rings (SSSR count). The average molecular weight is 405 g/mol. The lowest BCUT2D eigenvalue weighted by atomic mass is 9.82. The van der Waals surface area contributed by atoms with Gasteiger partial charge in [0.2, 0.25) is 5.91 Å². The molecule has 29 heavy (non-hydrogen) atoms. The number of carbonyl (C=O) groups is 3. The Balaban J connectivity index is 1.89. The highest BCUT2D eigenvalue weighted by Gasteiger charge is 2.35. The predicted molar refractivity (Wildman–Crippen MR) is 109 cm³/mol. The summed E-state index contributed by atoms with van der Waals surface area (Å²) >= 11 is 0. The summed E-state index contributed by atoms with van der Waals surface area (Å²) in [7, 11) is 0. The lowest BCUT2D eigenvalue weighted by Crippen LogP contribution is -2.44. The van der Waals surface area contributed by atoms with Crippen LogP contribution in [0.4, 0.5) is 4.79 Å². The minimum atomic E-state index is -0.969. The lowest BCUT2D eigenvalue weighted by molar-refractivity contribution is -0.147. The standard InChI is InChI=1S/C22H32N2O5/c1-15(16-8-6-5-7-9-16)23-19(25)14-18(20(26)27)17-10-12-24(13-11-17)21(28)29-22(2,3)4/h5-9,15,17-18H,10-14H2,1-4H3,(H,23,25)(H,26,27). The summed E-state index contributed by atoms with van der Waals surface area (Å²) in [6.07, 6.45) is 0.635. The normalized spacial score (nSPS) is 17.3. The van der Waals surface area contributed by atoms with E-state index < -0.39 is 17.5 Å². The van der Waals surface area contributed by atoms with Crippen LogP contribution in [-0.2, 0) is 14.3 Å². The number of nitrogens with zero attached hydrogens (tertiary/aromatic N) is 1. The molecule has 0 radical (unpaired) electrons. The zero-order valence-corrected chi connectivity index (χ0v) is 17.7. The fraction of sp³-hybridized carbons (Fsp3) is 0.591. The molecule has 160 valence electrons. The number of carboxylic acids is 1. The van der Waals surface area contributed by atoms with Gasteiger partial charge in [-0.1, -0.05) is 30.3 Å². The average Bonchev–Trinajstić information content (AvgIpc) is 2.65. The van der Waals surface area contributed by atoms with E-state index in [4.69, 9.17) is 4.74 Å². The molecule has 2 N–H and O–H groups in total. The Morgan fingerprint density at radius 2 is 1.76 bits per heavy atom. The molecule has 2 amide bonds. The molecule has 0 aromatic heterocycles. The molecular formula is C22H32N2O5. The van der Waals surface area contributed by atoms with Crippen molar-refractivity contribution in [3.05, 3.63) is 35.9 Å². The molecule has 0 saturated carbocycles. The fourth-order valence-corrected chi connectivity index (χ4v) is 3.59. The van der Waals surface area contributed by atoms with Gasteiger partial charge in [-0.15, -0.1) is 0 Å². The number of amides is 2. The number of likely N-dealkylation sites (tertiary alicyclic amines) is 1. The van der Waals surface area contributed by atoms with Crippen molar-refractivity contribution in [1.29, 1.82) is 0 Å². The first-order chi connectivity index (χ1) is 13.6. The highest BCUT2D eigenvalue weighted by Crippen LogP contribution is 2.29. The second-order valence-corrected chi connectivity index (χ2v) is 8.65. The minimum Gasteiger partial charge on any atom is -0.481 e. The molecule has 0 bridgehead atoms. The number of carbonyl (C=O) groups excluding carboxylic acids is 2. The minimum absolute atomic E-state index is 0.0659. The number of nitrogens with one attached hydrogen (secondary N) is 1. The molecule has 1 heterocycles. The van der Waals surface area contributed by atoms with Gasteiger partial charge in [-0.05, 0) is 52.0 Å². The van der Waals surface area contributed by atoms with Crippen LogP contribution in [-0.4, -0.2) is 46.7 Å². The third-order valence-electron chi connectivity index (χ3n) is 5.16. The molecule has 1 aromatic rings. The summed E-state index contributed by atoms with van der Waals surface area (Å²) < 4.78 is 5.38. The molecule has 1 aliphatic heterocycles. The van der Waals surface area contributed by atoms with Crippen molar-refractivity contribution in [3.63, 3.8) is 0 Å². The summed E-state index contributed by atoms with van der Waals surface area (Å²) in [5, 5.41) is 12.6. The van der Waals surface area contributed by atoms with E-state index in [0.717, 1.165) is 5.56 Å². The smallest absolute Gasteiger partial charge is 0.410 e. The van der Waals surface area contributed by atoms with Gasteiger partial charge in [0.1, 0.15) is 5.60 Å². The van der Waals surface area contributed by atoms with Crippen molar-refractivity contribution >= 4 is 18.0 Å². The molecule has 2 unspecified atom stereocenters. The Morgan fingerprint density at radius 3 is 2.28 bits per heavy atom. The van der Waals surface area contributed by atoms with Gasteiger partial charge in [-0.2, -0.15) is 0 Å². The van der Waals surface area contributed by atoms with Gasteiger partial charge in [0, 0.05) is 19.5 Å². The zero-order chi connectivity index (χ0) is 21.6. The highest BCUT2D eigenvalue weighted by atomic mass is 16.6. The van der Waals surface area contributed by atoms with Crippen molar-refractivity contribution in [3.8, 4) is 0 Å². The van der Waals surface area contributed by atoms with Crippen LogP contribution in [0.1, 0.15) is 58.6 Å². The zero-order valence-electron chi connectivity index (χ0n) is 17.7. The first kappa shape index (κ1) is 22.7. The van der Waals surface area contributed by atoms with Crippen LogP contribution in [0.15, 0.2) is 30.3 Å². The van der Waals surface area contributed by atoms with Gasteiger partial charge in [0.05, 0.1) is 12.0 Å². The second-order valence-electron chi connectivity index (χ2n) is 8.65. The molecule has 0 spiro atoms. The number of rotatable bonds is 6. The number of ether oxygens (including phenoxy) is 1. The van der Waals surface area contributed by atoms with Gasteiger partial charge >= 0.3 is 12.1 Å². The molecule has 7 nitrogen and oxygen atoms in total. The fourth-order valence-electron chi connectivity index (χ4n) is 3.59. The number of aliphatic carboxylic acids is 1. The first-order valence-electron chi connectivity index (χ1n) is 10.1. The van der Waals surface area contributed by atoms with Crippen molar-refractivity contribution in [2.45, 2.75) is 58.6 Å². The molecular weight excluding hydrogens is 372 g/mol. The van der Waals surface area contributed by atoms with Crippen LogP contribution in [0.2, 0.25) is 0 Å². The van der Waals surface area contributed by atoms with E-state index in [9.17, 15) is 19.5 Å². The Kier molecular flexibility index (Phi) is 7.65. The van der Waals surface area contributed by atoms with E-state index in [2.05, 4.69) is 5.32 Å². The van der Waals surface area contributed by atoms with Crippen LogP contribution >= 0.6 is 0 Å². The number of piperidine rings is 1. The van der Waals surface area contributed by atoms with E-state index in [1.54, 1.807) is 4.90 Å². The number of hydrogen-bond acceptors (Lipinski definition) is 4. The van der Waals surface area contributed by atoms with Crippen LogP contribution in [0.25, 0.3) is 0 Å². The van der Waals surface area contributed by atoms with E-state index in [-0.39, 0.29) is 30.4 Å². The van der Waals surface area contributed by atoms with Gasteiger partial charge in [0.15, 0.2) is 0 Å². The molecule has 0 aliphatic carbocycles. The van der Waals surface area contributed by atoms with Crippen molar-refractivity contribution in [2.75, 3.05) is 13.1 Å². The summed E-state index contributed by atoms with van der Waals surface area (Å²) in [4.78, 5) is 38.1. The van der Waals surface area contributed by atoms with Gasteiger partial charge < -0.3 is 20.1 Å². The van der Waals surface area contributed by atoms with Crippen LogP contribution in [0, 0.1) is 11.8 Å². The molecule has 1 aromatic carbocycles. The number of carboxylic acid groups (broad SMARTS) is 1. The Bertz CT molecular complexity index is 706. The largest absolute Gasteiger partial charge is 0.481 e. The van der Waals surface area contributed by atoms with Crippen molar-refractivity contribution < 1.29 is 24.2 Å². The third-order valence-corrected chi connectivity index (χ3v) is 5.16. The number of hydrogen-bond donors (Lipinski definition) is 2. The SMILES string of the molecule is CC(NC(=O)CC(C(=O)O)C1CCN(C(=O)OC(C)(C)C)CC1)c1ccccc1. The maximum Gasteiger partial charge on any atom is 0.410 e. The van der Waals surface area contributed by atoms with E-state index in [0.29, 0.717) is 25.9 Å². The quantitative estimate of drug-likeness (QED) is 0.755. The first-order valence-corrected chi connectivity index (χ1v) is 10.1. The van der Waals surface area contributed by atoms with Gasteiger partial charge in [0.25, 0.3) is 0 Å². The van der Waals surface area contributed by atoms with Crippen LogP contribution in [0.3, 0.4) is 0 Å². The maximum absolute atomic E-state index is 12.5. The Hall–Kier alpha value is -2.57. The highest BCUT2D eigenvalue weighted by molar-refractivity contribution is 5.82. The monoisotopic (exact) mass is 404 g/mol. The van der Waals surface area contributed by atoms with Gasteiger partial charge in [-0.25, -0.2) is 4.79 Å². The Labute approximate surface area is 172 Å². The summed E-state index contributed by atoms with van der Waals surface area (Å²) in [5.41, 5.74) is 0.406. The molecule has 7 heteroatoms. The molecule has 2 atom stereocenters. The second kappa shape index (κ2) is 9.76.